The highest BCUT2D eigenvalue weighted by Gasteiger charge is 2.48. The second-order valence-electron chi connectivity index (χ2n) is 8.70. The summed E-state index contributed by atoms with van der Waals surface area (Å²) in [6, 6.07) is 12.8. The van der Waals surface area contributed by atoms with Crippen LogP contribution in [0.15, 0.2) is 42.5 Å². The van der Waals surface area contributed by atoms with Gasteiger partial charge in [-0.2, -0.15) is 0 Å². The molecular formula is C24H27FN2O2. The molecule has 2 heterocycles. The van der Waals surface area contributed by atoms with Crippen LogP contribution >= 0.6 is 0 Å². The van der Waals surface area contributed by atoms with Crippen LogP contribution in [0.3, 0.4) is 0 Å². The van der Waals surface area contributed by atoms with Gasteiger partial charge >= 0.3 is 0 Å². The number of hydrogen-bond donors (Lipinski definition) is 1. The van der Waals surface area contributed by atoms with Gasteiger partial charge in [0.25, 0.3) is 0 Å². The summed E-state index contributed by atoms with van der Waals surface area (Å²) in [5.41, 5.74) is 3.97. The number of aliphatic hydroxyl groups excluding tert-OH is 1. The summed E-state index contributed by atoms with van der Waals surface area (Å²) in [4.78, 5) is 17.4. The fourth-order valence-corrected chi connectivity index (χ4v) is 5.44. The minimum Gasteiger partial charge on any atom is -0.394 e. The van der Waals surface area contributed by atoms with Crippen molar-refractivity contribution >= 4 is 11.6 Å². The second kappa shape index (κ2) is 7.13. The predicted molar refractivity (Wildman–Crippen MR) is 111 cm³/mol. The summed E-state index contributed by atoms with van der Waals surface area (Å²) in [6.45, 7) is 0.826. The molecule has 0 radical (unpaired) electrons. The highest BCUT2D eigenvalue weighted by Crippen LogP contribution is 2.50. The third-order valence-corrected chi connectivity index (χ3v) is 7.25. The Morgan fingerprint density at radius 2 is 1.93 bits per heavy atom. The van der Waals surface area contributed by atoms with E-state index in [1.807, 2.05) is 19.2 Å². The lowest BCUT2D eigenvalue weighted by Crippen LogP contribution is -2.49. The fourth-order valence-electron chi connectivity index (χ4n) is 5.44. The topological polar surface area (TPSA) is 43.8 Å². The Balaban J connectivity index is 1.59. The Labute approximate surface area is 170 Å². The van der Waals surface area contributed by atoms with E-state index in [1.54, 1.807) is 12.1 Å². The minimum atomic E-state index is -0.252. The Morgan fingerprint density at radius 3 is 2.62 bits per heavy atom. The molecule has 29 heavy (non-hydrogen) atoms. The van der Waals surface area contributed by atoms with Crippen molar-refractivity contribution in [2.45, 2.75) is 37.8 Å². The maximum Gasteiger partial charge on any atom is 0.226 e. The number of benzene rings is 2. The number of hydrogen-bond acceptors (Lipinski definition) is 3. The quantitative estimate of drug-likeness (QED) is 0.856. The van der Waals surface area contributed by atoms with Crippen LogP contribution in [0.25, 0.3) is 11.1 Å². The van der Waals surface area contributed by atoms with E-state index in [-0.39, 0.29) is 42.3 Å². The molecule has 1 N–H and O–H groups in total. The lowest BCUT2D eigenvalue weighted by atomic mass is 9.80. The van der Waals surface area contributed by atoms with Gasteiger partial charge in [-0.3, -0.25) is 4.79 Å². The van der Waals surface area contributed by atoms with Crippen molar-refractivity contribution in [3.63, 3.8) is 0 Å². The van der Waals surface area contributed by atoms with Gasteiger partial charge in [-0.25, -0.2) is 4.39 Å². The third-order valence-electron chi connectivity index (χ3n) is 7.25. The minimum absolute atomic E-state index is 0.00621. The van der Waals surface area contributed by atoms with E-state index in [9.17, 15) is 14.3 Å². The predicted octanol–water partition coefficient (Wildman–Crippen LogP) is 3.99. The molecule has 3 aliphatic rings. The normalized spacial score (nSPS) is 26.1. The van der Waals surface area contributed by atoms with E-state index in [1.165, 1.54) is 6.07 Å². The molecule has 1 aliphatic carbocycles. The van der Waals surface area contributed by atoms with Gasteiger partial charge in [-0.05, 0) is 60.2 Å². The molecule has 0 unspecified atom stereocenters. The SMILES string of the molecule is CN1c2ccc(-c3cccc(F)c3)cc2[C@H]2[C@H](CCN2C(=O)C2CCC2)[C@@H]1CO. The van der Waals surface area contributed by atoms with Crippen LogP contribution < -0.4 is 4.90 Å². The van der Waals surface area contributed by atoms with Crippen LogP contribution in [0.5, 0.6) is 0 Å². The number of amides is 1. The molecule has 5 heteroatoms. The van der Waals surface area contributed by atoms with Gasteiger partial charge in [0.2, 0.25) is 5.91 Å². The van der Waals surface area contributed by atoms with Crippen molar-refractivity contribution in [2.75, 3.05) is 25.1 Å². The summed E-state index contributed by atoms with van der Waals surface area (Å²) < 4.78 is 13.8. The highest BCUT2D eigenvalue weighted by atomic mass is 19.1. The summed E-state index contributed by atoms with van der Waals surface area (Å²) in [6.07, 6.45) is 4.03. The van der Waals surface area contributed by atoms with E-state index in [2.05, 4.69) is 21.9 Å². The summed E-state index contributed by atoms with van der Waals surface area (Å²) in [5, 5.41) is 10.1. The molecule has 1 amide bonds. The molecule has 152 valence electrons. The first-order valence-electron chi connectivity index (χ1n) is 10.6. The molecule has 5 rings (SSSR count). The summed E-state index contributed by atoms with van der Waals surface area (Å²) in [5.74, 6) is 0.394. The number of rotatable bonds is 3. The van der Waals surface area contributed by atoms with E-state index in [0.717, 1.165) is 54.6 Å². The third kappa shape index (κ3) is 2.94. The van der Waals surface area contributed by atoms with Crippen molar-refractivity contribution in [3.05, 3.63) is 53.8 Å². The van der Waals surface area contributed by atoms with Gasteiger partial charge in [-0.1, -0.05) is 24.6 Å². The molecule has 0 spiro atoms. The van der Waals surface area contributed by atoms with Crippen molar-refractivity contribution in [3.8, 4) is 11.1 Å². The van der Waals surface area contributed by atoms with Gasteiger partial charge in [0.1, 0.15) is 5.82 Å². The van der Waals surface area contributed by atoms with Gasteiger partial charge < -0.3 is 14.9 Å². The number of halogens is 1. The molecule has 2 aromatic carbocycles. The number of fused-ring (bicyclic) bond motifs is 3. The van der Waals surface area contributed by atoms with E-state index < -0.39 is 0 Å². The lowest BCUT2D eigenvalue weighted by molar-refractivity contribution is -0.139. The van der Waals surface area contributed by atoms with Crippen LogP contribution in [0.4, 0.5) is 10.1 Å². The first-order valence-corrected chi connectivity index (χ1v) is 10.6. The zero-order valence-corrected chi connectivity index (χ0v) is 16.7. The fraction of sp³-hybridized carbons (Fsp3) is 0.458. The summed E-state index contributed by atoms with van der Waals surface area (Å²) in [7, 11) is 2.02. The maximum atomic E-state index is 13.8. The Hall–Kier alpha value is -2.40. The van der Waals surface area contributed by atoms with Crippen LogP contribution in [0, 0.1) is 17.7 Å². The maximum absolute atomic E-state index is 13.8. The van der Waals surface area contributed by atoms with E-state index >= 15 is 0 Å². The number of nitrogens with zero attached hydrogens (tertiary/aromatic N) is 2. The van der Waals surface area contributed by atoms with Crippen molar-refractivity contribution in [2.24, 2.45) is 11.8 Å². The number of carbonyl (C=O) groups excluding carboxylic acids is 1. The van der Waals surface area contributed by atoms with Crippen molar-refractivity contribution in [1.82, 2.24) is 4.90 Å². The molecule has 0 bridgehead atoms. The Kier molecular flexibility index (Phi) is 4.58. The number of likely N-dealkylation sites (tertiary alicyclic amines) is 1. The molecule has 2 aromatic rings. The Morgan fingerprint density at radius 1 is 1.14 bits per heavy atom. The number of carbonyl (C=O) groups is 1. The standard InChI is InChI=1S/C24H27FN2O2/c1-26-21-9-8-17(16-6-3-7-18(25)12-16)13-20(21)23-19(22(26)14-28)10-11-27(23)24(29)15-4-2-5-15/h3,6-9,12-13,15,19,22-23,28H,2,4-5,10-11,14H2,1H3/t19-,22+,23-/m1/s1. The molecule has 2 fully saturated rings. The van der Waals surface area contributed by atoms with E-state index in [0.29, 0.717) is 0 Å². The van der Waals surface area contributed by atoms with Crippen LogP contribution in [0.2, 0.25) is 0 Å². The van der Waals surface area contributed by atoms with Crippen molar-refractivity contribution < 1.29 is 14.3 Å². The molecule has 3 atom stereocenters. The average molecular weight is 394 g/mol. The largest absolute Gasteiger partial charge is 0.394 e. The number of aliphatic hydroxyl groups is 1. The molecule has 1 saturated carbocycles. The van der Waals surface area contributed by atoms with Crippen LogP contribution in [0.1, 0.15) is 37.3 Å². The zero-order valence-electron chi connectivity index (χ0n) is 16.7. The molecule has 2 aliphatic heterocycles. The van der Waals surface area contributed by atoms with Gasteiger partial charge in [0, 0.05) is 31.1 Å². The number of anilines is 1. The molecular weight excluding hydrogens is 367 g/mol. The highest BCUT2D eigenvalue weighted by molar-refractivity contribution is 5.81. The average Bonchev–Trinajstić information content (AvgIpc) is 3.12. The lowest BCUT2D eigenvalue weighted by Gasteiger charge is -2.45. The zero-order chi connectivity index (χ0) is 20.1. The first-order chi connectivity index (χ1) is 14.1. The van der Waals surface area contributed by atoms with Gasteiger partial charge in [0.05, 0.1) is 18.7 Å². The van der Waals surface area contributed by atoms with Crippen LogP contribution in [-0.2, 0) is 4.79 Å². The molecule has 0 aromatic heterocycles. The van der Waals surface area contributed by atoms with E-state index in [4.69, 9.17) is 0 Å². The molecule has 4 nitrogen and oxygen atoms in total. The second-order valence-corrected chi connectivity index (χ2v) is 8.70. The molecule has 1 saturated heterocycles. The van der Waals surface area contributed by atoms with Crippen LogP contribution in [-0.4, -0.2) is 42.2 Å². The van der Waals surface area contributed by atoms with Crippen molar-refractivity contribution in [1.29, 1.82) is 0 Å². The van der Waals surface area contributed by atoms with Gasteiger partial charge in [-0.15, -0.1) is 0 Å². The smallest absolute Gasteiger partial charge is 0.226 e. The Bertz CT molecular complexity index is 942. The number of likely N-dealkylation sites (N-methyl/N-ethyl adjacent to an activating group) is 1. The van der Waals surface area contributed by atoms with Gasteiger partial charge in [0.15, 0.2) is 0 Å². The monoisotopic (exact) mass is 394 g/mol. The summed E-state index contributed by atoms with van der Waals surface area (Å²) >= 11 is 0. The first kappa shape index (κ1) is 18.6.